The van der Waals surface area contributed by atoms with Crippen LogP contribution >= 0.6 is 0 Å². The summed E-state index contributed by atoms with van der Waals surface area (Å²) in [7, 11) is 0. The van der Waals surface area contributed by atoms with Gasteiger partial charge in [-0.3, -0.25) is 9.78 Å². The predicted octanol–water partition coefficient (Wildman–Crippen LogP) is 3.26. The molecule has 1 N–H and O–H groups in total. The van der Waals surface area contributed by atoms with E-state index < -0.39 is 0 Å². The highest BCUT2D eigenvalue weighted by Gasteiger charge is 2.25. The second-order valence-electron chi connectivity index (χ2n) is 8.79. The highest BCUT2D eigenvalue weighted by atomic mass is 16.5. The van der Waals surface area contributed by atoms with Crippen LogP contribution in [0.1, 0.15) is 70.3 Å². The Morgan fingerprint density at radius 2 is 2.14 bits per heavy atom. The average molecular weight is 400 g/mol. The van der Waals surface area contributed by atoms with Crippen molar-refractivity contribution in [3.63, 3.8) is 0 Å². The van der Waals surface area contributed by atoms with Gasteiger partial charge in [0.15, 0.2) is 5.82 Å². The molecule has 1 unspecified atom stereocenters. The van der Waals surface area contributed by atoms with Crippen molar-refractivity contribution in [2.45, 2.75) is 77.3 Å². The smallest absolute Gasteiger partial charge is 0.226 e. The van der Waals surface area contributed by atoms with E-state index in [1.54, 1.807) is 6.20 Å². The minimum atomic E-state index is -0.134. The Bertz CT molecular complexity index is 761. The first-order valence-corrected chi connectivity index (χ1v) is 10.7. The van der Waals surface area contributed by atoms with E-state index in [1.807, 2.05) is 23.1 Å². The lowest BCUT2D eigenvalue weighted by Crippen LogP contribution is -2.40. The molecule has 2 aromatic heterocycles. The predicted molar refractivity (Wildman–Crippen MR) is 111 cm³/mol. The van der Waals surface area contributed by atoms with Crippen molar-refractivity contribution >= 4 is 5.91 Å². The van der Waals surface area contributed by atoms with E-state index in [1.165, 1.54) is 0 Å². The highest BCUT2D eigenvalue weighted by molar-refractivity contribution is 5.76. The topological polar surface area (TPSA) is 84.2 Å². The second kappa shape index (κ2) is 9.96. The maximum atomic E-state index is 13.1. The molecule has 7 heteroatoms. The number of pyridine rings is 1. The standard InChI is InChI=1S/C22H33N5O2/c1-22(2,3)21-25-19(29-26-21)10-6-11-20(28)27(16-17-8-4-5-14-24-17)18-9-7-13-23-15-12-18/h4-5,8,14,18,23H,6-7,9-13,15-16H2,1-3H3. The molecule has 0 radical (unpaired) electrons. The molecule has 0 spiro atoms. The Morgan fingerprint density at radius 3 is 2.86 bits per heavy atom. The van der Waals surface area contributed by atoms with Crippen LogP contribution in [-0.2, 0) is 23.2 Å². The molecule has 0 bridgehead atoms. The maximum Gasteiger partial charge on any atom is 0.226 e. The van der Waals surface area contributed by atoms with Gasteiger partial charge in [0.05, 0.1) is 12.2 Å². The number of aromatic nitrogens is 3. The highest BCUT2D eigenvalue weighted by Crippen LogP contribution is 2.20. The monoisotopic (exact) mass is 399 g/mol. The summed E-state index contributed by atoms with van der Waals surface area (Å²) < 4.78 is 5.36. The molecule has 1 amide bonds. The SMILES string of the molecule is CC(C)(C)c1noc(CCCC(=O)N(Cc2ccccn2)C2CCCNCC2)n1. The number of hydrogen-bond acceptors (Lipinski definition) is 6. The van der Waals surface area contributed by atoms with Crippen LogP contribution in [0.3, 0.4) is 0 Å². The molecule has 3 rings (SSSR count). The van der Waals surface area contributed by atoms with Crippen LogP contribution < -0.4 is 5.32 Å². The van der Waals surface area contributed by atoms with Crippen molar-refractivity contribution in [2.75, 3.05) is 13.1 Å². The molecule has 0 aromatic carbocycles. The summed E-state index contributed by atoms with van der Waals surface area (Å²) in [4.78, 5) is 24.1. The summed E-state index contributed by atoms with van der Waals surface area (Å²) in [6.07, 6.45) is 6.70. The summed E-state index contributed by atoms with van der Waals surface area (Å²) in [5.41, 5.74) is 0.801. The van der Waals surface area contributed by atoms with Gasteiger partial charge in [-0.1, -0.05) is 32.0 Å². The minimum absolute atomic E-state index is 0.134. The number of amides is 1. The number of hydrogen-bond donors (Lipinski definition) is 1. The molecule has 1 aliphatic rings. The summed E-state index contributed by atoms with van der Waals surface area (Å²) in [5.74, 6) is 1.50. The normalized spacial score (nSPS) is 17.7. The van der Waals surface area contributed by atoms with Gasteiger partial charge in [0.25, 0.3) is 0 Å². The molecular weight excluding hydrogens is 366 g/mol. The van der Waals surface area contributed by atoms with Crippen LogP contribution in [0.25, 0.3) is 0 Å². The molecule has 1 aliphatic heterocycles. The summed E-state index contributed by atoms with van der Waals surface area (Å²) in [6.45, 7) is 8.72. The van der Waals surface area contributed by atoms with Gasteiger partial charge in [0.1, 0.15) is 0 Å². The third-order valence-electron chi connectivity index (χ3n) is 5.29. The van der Waals surface area contributed by atoms with Gasteiger partial charge in [-0.2, -0.15) is 4.98 Å². The van der Waals surface area contributed by atoms with Gasteiger partial charge in [-0.15, -0.1) is 0 Å². The zero-order chi connectivity index (χ0) is 20.7. The molecule has 7 nitrogen and oxygen atoms in total. The van der Waals surface area contributed by atoms with Gasteiger partial charge in [0.2, 0.25) is 11.8 Å². The molecule has 29 heavy (non-hydrogen) atoms. The number of carbonyl (C=O) groups is 1. The van der Waals surface area contributed by atoms with Gasteiger partial charge in [0, 0.05) is 30.5 Å². The number of aryl methyl sites for hydroxylation is 1. The molecule has 0 saturated carbocycles. The Hall–Kier alpha value is -2.28. The minimum Gasteiger partial charge on any atom is -0.339 e. The number of rotatable bonds is 7. The van der Waals surface area contributed by atoms with Crippen LogP contribution in [0.4, 0.5) is 0 Å². The van der Waals surface area contributed by atoms with Gasteiger partial charge in [-0.05, 0) is 50.9 Å². The maximum absolute atomic E-state index is 13.1. The number of carbonyl (C=O) groups excluding carboxylic acids is 1. The summed E-state index contributed by atoms with van der Waals surface area (Å²) in [6, 6.07) is 6.13. The molecule has 0 aliphatic carbocycles. The van der Waals surface area contributed by atoms with Crippen LogP contribution in [0, 0.1) is 0 Å². The third-order valence-corrected chi connectivity index (χ3v) is 5.29. The van der Waals surface area contributed by atoms with E-state index in [0.29, 0.717) is 37.5 Å². The fourth-order valence-electron chi connectivity index (χ4n) is 3.59. The van der Waals surface area contributed by atoms with Gasteiger partial charge < -0.3 is 14.7 Å². The summed E-state index contributed by atoms with van der Waals surface area (Å²) >= 11 is 0. The molecule has 1 fully saturated rings. The zero-order valence-electron chi connectivity index (χ0n) is 17.9. The van der Waals surface area contributed by atoms with Crippen LogP contribution in [0.15, 0.2) is 28.9 Å². The van der Waals surface area contributed by atoms with Crippen molar-refractivity contribution in [3.05, 3.63) is 41.8 Å². The van der Waals surface area contributed by atoms with E-state index in [9.17, 15) is 4.79 Å². The van der Waals surface area contributed by atoms with Crippen molar-refractivity contribution < 1.29 is 9.32 Å². The van der Waals surface area contributed by atoms with E-state index in [4.69, 9.17) is 4.52 Å². The van der Waals surface area contributed by atoms with Gasteiger partial charge in [-0.25, -0.2) is 0 Å². The first-order valence-electron chi connectivity index (χ1n) is 10.7. The van der Waals surface area contributed by atoms with Gasteiger partial charge >= 0.3 is 0 Å². The van der Waals surface area contributed by atoms with Crippen molar-refractivity contribution in [3.8, 4) is 0 Å². The third kappa shape index (κ3) is 6.35. The fraction of sp³-hybridized carbons (Fsp3) is 0.636. The molecule has 1 atom stereocenters. The molecule has 158 valence electrons. The lowest BCUT2D eigenvalue weighted by Gasteiger charge is -2.31. The first-order chi connectivity index (χ1) is 13.9. The molecule has 3 heterocycles. The quantitative estimate of drug-likeness (QED) is 0.769. The second-order valence-corrected chi connectivity index (χ2v) is 8.79. The van der Waals surface area contributed by atoms with E-state index in [2.05, 4.69) is 41.2 Å². The Labute approximate surface area is 173 Å². The van der Waals surface area contributed by atoms with Crippen LogP contribution in [0.2, 0.25) is 0 Å². The first kappa shape index (κ1) is 21.4. The Kier molecular flexibility index (Phi) is 7.36. The van der Waals surface area contributed by atoms with Crippen molar-refractivity contribution in [1.29, 1.82) is 0 Å². The van der Waals surface area contributed by atoms with Crippen molar-refractivity contribution in [2.24, 2.45) is 0 Å². The summed E-state index contributed by atoms with van der Waals surface area (Å²) in [5, 5.41) is 7.50. The number of nitrogens with zero attached hydrogens (tertiary/aromatic N) is 4. The largest absolute Gasteiger partial charge is 0.339 e. The molecule has 1 saturated heterocycles. The zero-order valence-corrected chi connectivity index (χ0v) is 17.9. The van der Waals surface area contributed by atoms with E-state index >= 15 is 0 Å². The lowest BCUT2D eigenvalue weighted by molar-refractivity contribution is -0.134. The Balaban J connectivity index is 1.60. The van der Waals surface area contributed by atoms with Crippen LogP contribution in [-0.4, -0.2) is 45.1 Å². The van der Waals surface area contributed by atoms with E-state index in [0.717, 1.165) is 38.0 Å². The van der Waals surface area contributed by atoms with E-state index in [-0.39, 0.29) is 17.4 Å². The Morgan fingerprint density at radius 1 is 1.28 bits per heavy atom. The van der Waals surface area contributed by atoms with Crippen molar-refractivity contribution in [1.82, 2.24) is 25.3 Å². The number of nitrogens with one attached hydrogen (secondary N) is 1. The molecule has 2 aromatic rings. The molecular formula is C22H33N5O2. The average Bonchev–Trinajstić information content (AvgIpc) is 3.02. The fourth-order valence-corrected chi connectivity index (χ4v) is 3.59. The van der Waals surface area contributed by atoms with Crippen LogP contribution in [0.5, 0.6) is 0 Å². The lowest BCUT2D eigenvalue weighted by atomic mass is 9.96.